The smallest absolute Gasteiger partial charge is 0.311 e. The molecule has 4 heteroatoms. The molecule has 0 amide bonds. The molecule has 0 bridgehead atoms. The minimum absolute atomic E-state index is 0.196. The van der Waals surface area contributed by atoms with Crippen LogP contribution in [0.2, 0.25) is 0 Å². The Hall–Kier alpha value is -2.02. The lowest BCUT2D eigenvalue weighted by Gasteiger charge is -2.21. The average molecular weight is 216 g/mol. The van der Waals surface area contributed by atoms with Gasteiger partial charge in [0.15, 0.2) is 0 Å². The van der Waals surface area contributed by atoms with Crippen LogP contribution in [-0.2, 0) is 4.79 Å². The zero-order valence-corrected chi connectivity index (χ0v) is 8.99. The quantitative estimate of drug-likeness (QED) is 0.467. The first-order valence-electron chi connectivity index (χ1n) is 5.16. The van der Waals surface area contributed by atoms with E-state index in [1.54, 1.807) is 6.07 Å². The Balaban J connectivity index is 2.28. The van der Waals surface area contributed by atoms with Gasteiger partial charge < -0.3 is 10.1 Å². The van der Waals surface area contributed by atoms with Crippen molar-refractivity contribution in [3.05, 3.63) is 23.8 Å². The highest BCUT2D eigenvalue weighted by atomic mass is 16.5. The predicted molar refractivity (Wildman–Crippen MR) is 59.2 cm³/mol. The molecule has 0 saturated carbocycles. The molecule has 0 radical (unpaired) electrons. The van der Waals surface area contributed by atoms with E-state index in [-0.39, 0.29) is 18.4 Å². The summed E-state index contributed by atoms with van der Waals surface area (Å²) in [5.74, 6) is 0.602. The Labute approximate surface area is 93.8 Å². The first-order chi connectivity index (χ1) is 7.70. The molecule has 1 heterocycles. The van der Waals surface area contributed by atoms with Crippen LogP contribution in [0.3, 0.4) is 0 Å². The molecule has 1 aliphatic rings. The van der Waals surface area contributed by atoms with Crippen LogP contribution in [0.25, 0.3) is 0 Å². The van der Waals surface area contributed by atoms with E-state index in [4.69, 9.17) is 10.00 Å². The first-order valence-corrected chi connectivity index (χ1v) is 5.16. The molecule has 1 aromatic rings. The monoisotopic (exact) mass is 216 g/mol. The lowest BCUT2D eigenvalue weighted by Crippen LogP contribution is -2.18. The Kier molecular flexibility index (Phi) is 2.78. The topological polar surface area (TPSA) is 62.1 Å². The number of hydrogen-bond donors (Lipinski definition) is 1. The number of benzene rings is 1. The van der Waals surface area contributed by atoms with E-state index in [9.17, 15) is 4.79 Å². The number of fused-ring (bicyclic) bond motifs is 1. The maximum Gasteiger partial charge on any atom is 0.311 e. The van der Waals surface area contributed by atoms with Crippen molar-refractivity contribution in [2.45, 2.75) is 19.3 Å². The summed E-state index contributed by atoms with van der Waals surface area (Å²) in [7, 11) is 0. The fraction of sp³-hybridized carbons (Fsp3) is 0.333. The number of nitrogens with one attached hydrogen (secondary N) is 1. The number of rotatable bonds is 2. The molecule has 1 N–H and O–H groups in total. The summed E-state index contributed by atoms with van der Waals surface area (Å²) >= 11 is 0. The van der Waals surface area contributed by atoms with E-state index in [0.717, 1.165) is 11.3 Å². The second-order valence-corrected chi connectivity index (χ2v) is 3.84. The number of anilines is 1. The lowest BCUT2D eigenvalue weighted by atomic mass is 9.94. The minimum atomic E-state index is -0.197. The van der Waals surface area contributed by atoms with Gasteiger partial charge in [-0.3, -0.25) is 4.79 Å². The number of ether oxygens (including phenoxy) is 1. The zero-order valence-electron chi connectivity index (χ0n) is 8.99. The third-order valence-electron chi connectivity index (χ3n) is 2.61. The highest BCUT2D eigenvalue weighted by molar-refractivity contribution is 5.77. The maximum absolute atomic E-state index is 11.3. The number of carbonyl (C=O) groups is 1. The first kappa shape index (κ1) is 10.5. The van der Waals surface area contributed by atoms with Gasteiger partial charge in [-0.1, -0.05) is 13.0 Å². The van der Waals surface area contributed by atoms with Gasteiger partial charge in [-0.15, -0.1) is 0 Å². The van der Waals surface area contributed by atoms with Crippen LogP contribution >= 0.6 is 0 Å². The molecular weight excluding hydrogens is 204 g/mol. The number of esters is 1. The second kappa shape index (κ2) is 4.23. The van der Waals surface area contributed by atoms with Gasteiger partial charge in [0.25, 0.3) is 0 Å². The lowest BCUT2D eigenvalue weighted by molar-refractivity contribution is -0.135. The van der Waals surface area contributed by atoms with E-state index in [2.05, 4.69) is 5.32 Å². The molecule has 2 rings (SSSR count). The van der Waals surface area contributed by atoms with Gasteiger partial charge >= 0.3 is 5.97 Å². The normalized spacial score (nSPS) is 18.2. The summed E-state index contributed by atoms with van der Waals surface area (Å²) in [5, 5.41) is 11.4. The van der Waals surface area contributed by atoms with Crippen LogP contribution in [0, 0.1) is 11.3 Å². The van der Waals surface area contributed by atoms with Crippen LogP contribution in [0.4, 0.5) is 5.69 Å². The molecule has 0 fully saturated rings. The van der Waals surface area contributed by atoms with Gasteiger partial charge in [0.2, 0.25) is 0 Å². The van der Waals surface area contributed by atoms with Crippen LogP contribution in [-0.4, -0.2) is 12.5 Å². The van der Waals surface area contributed by atoms with Crippen molar-refractivity contribution < 1.29 is 9.53 Å². The summed E-state index contributed by atoms with van der Waals surface area (Å²) in [6, 6.07) is 7.59. The summed E-state index contributed by atoms with van der Waals surface area (Å²) < 4.78 is 5.16. The predicted octanol–water partition coefficient (Wildman–Crippen LogP) is 2.03. The molecule has 1 aromatic carbocycles. The van der Waals surface area contributed by atoms with Crippen molar-refractivity contribution in [3.8, 4) is 11.8 Å². The molecule has 82 valence electrons. The SMILES string of the molecule is CC1CC(=O)Oc2cc(NCC#N)ccc21. The molecular formula is C12H12N2O2. The largest absolute Gasteiger partial charge is 0.426 e. The highest BCUT2D eigenvalue weighted by Crippen LogP contribution is 2.35. The highest BCUT2D eigenvalue weighted by Gasteiger charge is 2.23. The summed E-state index contributed by atoms with van der Waals surface area (Å²) in [4.78, 5) is 11.3. The van der Waals surface area contributed by atoms with Gasteiger partial charge in [0, 0.05) is 11.8 Å². The van der Waals surface area contributed by atoms with Crippen molar-refractivity contribution in [2.75, 3.05) is 11.9 Å². The number of nitrogens with zero attached hydrogens (tertiary/aromatic N) is 1. The van der Waals surface area contributed by atoms with E-state index >= 15 is 0 Å². The number of nitriles is 1. The molecule has 1 atom stereocenters. The van der Waals surface area contributed by atoms with E-state index < -0.39 is 0 Å². The van der Waals surface area contributed by atoms with Crippen molar-refractivity contribution in [1.29, 1.82) is 5.26 Å². The zero-order chi connectivity index (χ0) is 11.5. The average Bonchev–Trinajstić information content (AvgIpc) is 2.25. The molecule has 0 spiro atoms. The third-order valence-corrected chi connectivity index (χ3v) is 2.61. The molecule has 0 saturated heterocycles. The van der Waals surface area contributed by atoms with Crippen molar-refractivity contribution in [1.82, 2.24) is 0 Å². The fourth-order valence-electron chi connectivity index (χ4n) is 1.81. The Morgan fingerprint density at radius 1 is 1.62 bits per heavy atom. The van der Waals surface area contributed by atoms with Crippen LogP contribution in [0.1, 0.15) is 24.8 Å². The Morgan fingerprint density at radius 3 is 3.19 bits per heavy atom. The van der Waals surface area contributed by atoms with Gasteiger partial charge in [-0.25, -0.2) is 0 Å². The maximum atomic E-state index is 11.3. The number of hydrogen-bond acceptors (Lipinski definition) is 4. The van der Waals surface area contributed by atoms with Crippen molar-refractivity contribution in [2.24, 2.45) is 0 Å². The van der Waals surface area contributed by atoms with Crippen LogP contribution in [0.15, 0.2) is 18.2 Å². The van der Waals surface area contributed by atoms with Gasteiger partial charge in [-0.05, 0) is 17.5 Å². The Morgan fingerprint density at radius 2 is 2.44 bits per heavy atom. The number of carbonyl (C=O) groups excluding carboxylic acids is 1. The Bertz CT molecular complexity index is 463. The van der Waals surface area contributed by atoms with Gasteiger partial charge in [0.1, 0.15) is 12.3 Å². The van der Waals surface area contributed by atoms with E-state index in [0.29, 0.717) is 12.2 Å². The fourth-order valence-corrected chi connectivity index (χ4v) is 1.81. The molecule has 1 aliphatic heterocycles. The summed E-state index contributed by atoms with van der Waals surface area (Å²) in [6.45, 7) is 2.24. The molecule has 16 heavy (non-hydrogen) atoms. The van der Waals surface area contributed by atoms with Gasteiger partial charge in [0.05, 0.1) is 12.5 Å². The van der Waals surface area contributed by atoms with Crippen LogP contribution in [0.5, 0.6) is 5.75 Å². The second-order valence-electron chi connectivity index (χ2n) is 3.84. The van der Waals surface area contributed by atoms with E-state index in [1.807, 2.05) is 25.1 Å². The molecule has 1 unspecified atom stereocenters. The van der Waals surface area contributed by atoms with Gasteiger partial charge in [-0.2, -0.15) is 5.26 Å². The third kappa shape index (κ3) is 1.98. The minimum Gasteiger partial charge on any atom is -0.426 e. The van der Waals surface area contributed by atoms with E-state index in [1.165, 1.54) is 0 Å². The molecule has 0 aromatic heterocycles. The summed E-state index contributed by atoms with van der Waals surface area (Å²) in [6.07, 6.45) is 0.429. The standard InChI is InChI=1S/C12H12N2O2/c1-8-6-12(15)16-11-7-9(14-5-4-13)2-3-10(8)11/h2-3,7-8,14H,5-6H2,1H3. The van der Waals surface area contributed by atoms with Crippen LogP contribution < -0.4 is 10.1 Å². The molecule has 0 aliphatic carbocycles. The molecule has 4 nitrogen and oxygen atoms in total. The van der Waals surface area contributed by atoms with Crippen molar-refractivity contribution >= 4 is 11.7 Å². The summed E-state index contributed by atoms with van der Waals surface area (Å²) in [5.41, 5.74) is 1.84. The van der Waals surface area contributed by atoms with Crippen molar-refractivity contribution in [3.63, 3.8) is 0 Å².